The van der Waals surface area contributed by atoms with Gasteiger partial charge in [-0.2, -0.15) is 0 Å². The van der Waals surface area contributed by atoms with Crippen LogP contribution in [-0.4, -0.2) is 12.1 Å². The summed E-state index contributed by atoms with van der Waals surface area (Å²) in [7, 11) is 0. The molecule has 14 heavy (non-hydrogen) atoms. The monoisotopic (exact) mass is 200 g/mol. The van der Waals surface area contributed by atoms with Crippen LogP contribution >= 0.6 is 11.8 Å². The van der Waals surface area contributed by atoms with Gasteiger partial charge in [0.15, 0.2) is 0 Å². The van der Waals surface area contributed by atoms with E-state index in [1.807, 2.05) is 18.4 Å². The fourth-order valence-corrected chi connectivity index (χ4v) is 2.52. The summed E-state index contributed by atoms with van der Waals surface area (Å²) in [5.41, 5.74) is 1.07. The highest BCUT2D eigenvalue weighted by atomic mass is 32.2. The van der Waals surface area contributed by atoms with E-state index in [1.165, 1.54) is 10.1 Å². The topological polar surface area (TPSA) is 24.7 Å². The number of aliphatic imine (C=N–C) groups is 1. The molecule has 0 bridgehead atoms. The van der Waals surface area contributed by atoms with Gasteiger partial charge in [0, 0.05) is 11.4 Å². The van der Waals surface area contributed by atoms with Crippen molar-refractivity contribution in [2.45, 2.75) is 4.90 Å². The van der Waals surface area contributed by atoms with E-state index in [9.17, 15) is 0 Å². The summed E-state index contributed by atoms with van der Waals surface area (Å²) < 4.78 is 0. The van der Waals surface area contributed by atoms with E-state index in [4.69, 9.17) is 0 Å². The molecule has 0 aliphatic carbocycles. The second kappa shape index (κ2) is 3.10. The van der Waals surface area contributed by atoms with E-state index in [1.54, 1.807) is 11.8 Å². The number of hydrogen-bond donors (Lipinski definition) is 0. The van der Waals surface area contributed by atoms with E-state index >= 15 is 0 Å². The SMILES string of the molecule is C1=CC=c2ccc3c(c2N=C1)SCN=3. The summed E-state index contributed by atoms with van der Waals surface area (Å²) in [6.45, 7) is 0. The Balaban J connectivity index is 2.42. The molecule has 0 spiro atoms. The van der Waals surface area contributed by atoms with Crippen molar-refractivity contribution < 1.29 is 0 Å². The van der Waals surface area contributed by atoms with Crippen molar-refractivity contribution in [3.8, 4) is 0 Å². The van der Waals surface area contributed by atoms with Crippen molar-refractivity contribution in [2.24, 2.45) is 9.98 Å². The maximum Gasteiger partial charge on any atom is 0.0899 e. The van der Waals surface area contributed by atoms with Gasteiger partial charge in [-0.1, -0.05) is 30.0 Å². The number of rotatable bonds is 0. The lowest BCUT2D eigenvalue weighted by Crippen LogP contribution is -2.09. The van der Waals surface area contributed by atoms with Crippen LogP contribution in [0.4, 0.5) is 5.69 Å². The lowest BCUT2D eigenvalue weighted by Gasteiger charge is -1.99. The zero-order valence-electron chi connectivity index (χ0n) is 7.47. The summed E-state index contributed by atoms with van der Waals surface area (Å²) in [6.07, 6.45) is 7.88. The Morgan fingerprint density at radius 1 is 1.21 bits per heavy atom. The van der Waals surface area contributed by atoms with Crippen LogP contribution in [0.2, 0.25) is 0 Å². The fraction of sp³-hybridized carbons (Fsp3) is 0.0909. The Bertz CT molecular complexity index is 555. The first-order valence-electron chi connectivity index (χ1n) is 4.46. The minimum absolute atomic E-state index is 0.828. The van der Waals surface area contributed by atoms with Crippen molar-refractivity contribution in [1.82, 2.24) is 0 Å². The third-order valence-corrected chi connectivity index (χ3v) is 3.21. The maximum absolute atomic E-state index is 4.43. The first-order valence-corrected chi connectivity index (χ1v) is 5.45. The first-order chi connectivity index (χ1) is 6.95. The van der Waals surface area contributed by atoms with Gasteiger partial charge in [-0.3, -0.25) is 9.98 Å². The van der Waals surface area contributed by atoms with Crippen LogP contribution in [0.5, 0.6) is 0 Å². The summed E-state index contributed by atoms with van der Waals surface area (Å²) in [4.78, 5) is 10.0. The molecule has 3 rings (SSSR count). The smallest absolute Gasteiger partial charge is 0.0899 e. The highest BCUT2D eigenvalue weighted by Gasteiger charge is 2.10. The van der Waals surface area contributed by atoms with Gasteiger partial charge < -0.3 is 0 Å². The molecule has 0 aromatic heterocycles. The van der Waals surface area contributed by atoms with E-state index in [-0.39, 0.29) is 0 Å². The second-order valence-corrected chi connectivity index (χ2v) is 4.07. The van der Waals surface area contributed by atoms with Crippen LogP contribution in [-0.2, 0) is 0 Å². The quantitative estimate of drug-likeness (QED) is 0.621. The van der Waals surface area contributed by atoms with Gasteiger partial charge in [0.2, 0.25) is 0 Å². The van der Waals surface area contributed by atoms with Gasteiger partial charge in [0.25, 0.3) is 0 Å². The minimum Gasteiger partial charge on any atom is -0.273 e. The van der Waals surface area contributed by atoms with Gasteiger partial charge >= 0.3 is 0 Å². The molecule has 68 valence electrons. The third kappa shape index (κ3) is 1.13. The molecule has 2 heterocycles. The number of hydrogen-bond acceptors (Lipinski definition) is 3. The standard InChI is InChI=1S/C11H8N2S/c1-2-6-12-10-8(3-1)4-5-9-11(10)14-7-13-9/h1-6H,7H2. The molecule has 0 amide bonds. The number of nitrogens with zero attached hydrogens (tertiary/aromatic N) is 2. The number of benzene rings is 1. The summed E-state index contributed by atoms with van der Waals surface area (Å²) in [5.74, 6) is 0.828. The molecule has 0 fully saturated rings. The number of thioether (sulfide) groups is 1. The van der Waals surface area contributed by atoms with Crippen molar-refractivity contribution in [1.29, 1.82) is 0 Å². The fourth-order valence-electron chi connectivity index (χ4n) is 1.60. The third-order valence-electron chi connectivity index (χ3n) is 2.26. The molecule has 0 radical (unpaired) electrons. The molecule has 0 N–H and O–H groups in total. The normalized spacial score (nSPS) is 16.6. The van der Waals surface area contributed by atoms with Gasteiger partial charge in [-0.25, -0.2) is 0 Å². The molecule has 2 aliphatic rings. The second-order valence-electron chi connectivity index (χ2n) is 3.11. The van der Waals surface area contributed by atoms with Crippen molar-refractivity contribution in [3.05, 3.63) is 34.9 Å². The summed E-state index contributed by atoms with van der Waals surface area (Å²) in [6, 6.07) is 4.15. The molecular formula is C11H8N2S. The molecule has 2 aliphatic heterocycles. The predicted octanol–water partition coefficient (Wildman–Crippen LogP) is 1.42. The Labute approximate surface area is 85.8 Å². The van der Waals surface area contributed by atoms with Crippen LogP contribution in [0.1, 0.15) is 0 Å². The van der Waals surface area contributed by atoms with Crippen LogP contribution in [0.25, 0.3) is 6.08 Å². The molecule has 0 unspecified atom stereocenters. The lowest BCUT2D eigenvalue weighted by molar-refractivity contribution is 1.19. The summed E-state index contributed by atoms with van der Waals surface area (Å²) >= 11 is 1.76. The van der Waals surface area contributed by atoms with Gasteiger partial charge in [-0.15, -0.1) is 0 Å². The van der Waals surface area contributed by atoms with Crippen molar-refractivity contribution in [2.75, 3.05) is 5.88 Å². The maximum atomic E-state index is 4.43. The molecular weight excluding hydrogens is 192 g/mol. The zero-order valence-corrected chi connectivity index (χ0v) is 8.29. The lowest BCUT2D eigenvalue weighted by atomic mass is 10.2. The molecule has 3 heteroatoms. The van der Waals surface area contributed by atoms with Crippen LogP contribution < -0.4 is 10.6 Å². The van der Waals surface area contributed by atoms with E-state index in [0.29, 0.717) is 0 Å². The van der Waals surface area contributed by atoms with Gasteiger partial charge in [0.1, 0.15) is 0 Å². The van der Waals surface area contributed by atoms with Crippen LogP contribution in [0, 0.1) is 0 Å². The van der Waals surface area contributed by atoms with Crippen LogP contribution in [0.15, 0.2) is 39.2 Å². The molecule has 1 aromatic carbocycles. The van der Waals surface area contributed by atoms with E-state index < -0.39 is 0 Å². The Hall–Kier alpha value is -1.35. The zero-order chi connectivity index (χ0) is 9.38. The molecule has 0 atom stereocenters. The average Bonchev–Trinajstić information content (AvgIpc) is 2.55. The first kappa shape index (κ1) is 8.00. The predicted molar refractivity (Wildman–Crippen MR) is 59.7 cm³/mol. The van der Waals surface area contributed by atoms with Crippen molar-refractivity contribution in [3.63, 3.8) is 0 Å². The van der Waals surface area contributed by atoms with Gasteiger partial charge in [0.05, 0.1) is 21.8 Å². The number of fused-ring (bicyclic) bond motifs is 3. The van der Waals surface area contributed by atoms with Gasteiger partial charge in [-0.05, 0) is 12.1 Å². The molecule has 0 saturated carbocycles. The Morgan fingerprint density at radius 3 is 3.21 bits per heavy atom. The number of allylic oxidation sites excluding steroid dienone is 2. The Kier molecular flexibility index (Phi) is 1.77. The Morgan fingerprint density at radius 2 is 2.21 bits per heavy atom. The highest BCUT2D eigenvalue weighted by Crippen LogP contribution is 2.26. The summed E-state index contributed by atoms with van der Waals surface area (Å²) in [5, 5.41) is 2.26. The van der Waals surface area contributed by atoms with E-state index in [2.05, 4.69) is 28.2 Å². The molecule has 0 saturated heterocycles. The van der Waals surface area contributed by atoms with Crippen LogP contribution in [0.3, 0.4) is 0 Å². The largest absolute Gasteiger partial charge is 0.273 e. The van der Waals surface area contributed by atoms with E-state index in [0.717, 1.165) is 16.9 Å². The molecule has 2 nitrogen and oxygen atoms in total. The highest BCUT2D eigenvalue weighted by molar-refractivity contribution is 7.99. The minimum atomic E-state index is 0.828. The molecule has 1 aromatic rings. The average molecular weight is 200 g/mol. The van der Waals surface area contributed by atoms with Crippen molar-refractivity contribution >= 4 is 29.7 Å².